The highest BCUT2D eigenvalue weighted by Crippen LogP contribution is 2.22. The van der Waals surface area contributed by atoms with Crippen molar-refractivity contribution < 1.29 is 16.8 Å². The van der Waals surface area contributed by atoms with Gasteiger partial charge in [0.15, 0.2) is 0 Å². The predicted molar refractivity (Wildman–Crippen MR) is 78.8 cm³/mol. The van der Waals surface area contributed by atoms with Crippen molar-refractivity contribution in [2.24, 2.45) is 5.92 Å². The molecular weight excluding hydrogens is 322 g/mol. The predicted octanol–water partition coefficient (Wildman–Crippen LogP) is 2.28. The Hall–Kier alpha value is -0.630. The Morgan fingerprint density at radius 2 is 1.70 bits per heavy atom. The van der Waals surface area contributed by atoms with Crippen LogP contribution in [0.3, 0.4) is 0 Å². The maximum absolute atomic E-state index is 12.5. The van der Waals surface area contributed by atoms with E-state index in [0.717, 1.165) is 6.07 Å². The van der Waals surface area contributed by atoms with Crippen LogP contribution in [-0.2, 0) is 19.1 Å². The van der Waals surface area contributed by atoms with Gasteiger partial charge in [-0.1, -0.05) is 26.8 Å². The molecule has 114 valence electrons. The van der Waals surface area contributed by atoms with Gasteiger partial charge in [-0.2, -0.15) is 4.31 Å². The average Bonchev–Trinajstić information content (AvgIpc) is 2.34. The first-order valence-electron chi connectivity index (χ1n) is 6.14. The van der Waals surface area contributed by atoms with Gasteiger partial charge in [0.05, 0.1) is 9.79 Å². The van der Waals surface area contributed by atoms with E-state index < -0.39 is 19.1 Å². The average molecular weight is 340 g/mol. The van der Waals surface area contributed by atoms with E-state index in [1.165, 1.54) is 22.5 Å². The van der Waals surface area contributed by atoms with Crippen LogP contribution in [0, 0.1) is 5.92 Å². The van der Waals surface area contributed by atoms with E-state index in [0.29, 0.717) is 13.1 Å². The van der Waals surface area contributed by atoms with Crippen LogP contribution in [0.15, 0.2) is 34.1 Å². The summed E-state index contributed by atoms with van der Waals surface area (Å²) < 4.78 is 48.8. The van der Waals surface area contributed by atoms with E-state index in [2.05, 4.69) is 0 Å². The first-order chi connectivity index (χ1) is 9.09. The summed E-state index contributed by atoms with van der Waals surface area (Å²) >= 11 is 0. The van der Waals surface area contributed by atoms with Crippen LogP contribution in [0.25, 0.3) is 0 Å². The third kappa shape index (κ3) is 4.18. The number of sulfonamides is 1. The van der Waals surface area contributed by atoms with E-state index in [-0.39, 0.29) is 15.7 Å². The minimum atomic E-state index is -3.95. The molecule has 8 heteroatoms. The van der Waals surface area contributed by atoms with Crippen molar-refractivity contribution >= 4 is 29.8 Å². The summed E-state index contributed by atoms with van der Waals surface area (Å²) in [4.78, 5) is -0.289. The Bertz CT molecular complexity index is 668. The largest absolute Gasteiger partial charge is 0.261 e. The molecule has 0 spiro atoms. The van der Waals surface area contributed by atoms with Gasteiger partial charge in [-0.25, -0.2) is 16.8 Å². The molecular formula is C12H18ClNO4S2. The number of nitrogens with zero attached hydrogens (tertiary/aromatic N) is 1. The molecule has 0 aliphatic heterocycles. The molecule has 0 amide bonds. The topological polar surface area (TPSA) is 71.5 Å². The summed E-state index contributed by atoms with van der Waals surface area (Å²) in [6, 6.07) is 5.08. The molecule has 0 unspecified atom stereocenters. The molecule has 0 saturated heterocycles. The van der Waals surface area contributed by atoms with Crippen molar-refractivity contribution in [2.75, 3.05) is 13.1 Å². The maximum atomic E-state index is 12.5. The zero-order valence-electron chi connectivity index (χ0n) is 11.6. The molecule has 0 aliphatic carbocycles. The molecule has 0 radical (unpaired) electrons. The van der Waals surface area contributed by atoms with Gasteiger partial charge in [0, 0.05) is 23.8 Å². The van der Waals surface area contributed by atoms with E-state index in [1.54, 1.807) is 6.92 Å². The lowest BCUT2D eigenvalue weighted by molar-refractivity contribution is 0.381. The molecule has 0 saturated carbocycles. The highest BCUT2D eigenvalue weighted by molar-refractivity contribution is 8.13. The molecule has 1 rings (SSSR count). The van der Waals surface area contributed by atoms with Crippen LogP contribution >= 0.6 is 10.7 Å². The molecule has 1 aromatic rings. The Labute approximate surface area is 125 Å². The Morgan fingerprint density at radius 1 is 1.15 bits per heavy atom. The molecule has 0 atom stereocenters. The number of halogens is 1. The molecule has 5 nitrogen and oxygen atoms in total. The highest BCUT2D eigenvalue weighted by atomic mass is 35.7. The zero-order chi connectivity index (χ0) is 15.6. The van der Waals surface area contributed by atoms with Crippen molar-refractivity contribution in [2.45, 2.75) is 30.6 Å². The first-order valence-corrected chi connectivity index (χ1v) is 9.89. The molecule has 0 aliphatic rings. The molecule has 0 fully saturated rings. The van der Waals surface area contributed by atoms with E-state index in [9.17, 15) is 16.8 Å². The minimum Gasteiger partial charge on any atom is -0.207 e. The monoisotopic (exact) mass is 339 g/mol. The summed E-state index contributed by atoms with van der Waals surface area (Å²) in [5.74, 6) is 0.171. The Morgan fingerprint density at radius 3 is 2.15 bits per heavy atom. The molecule has 0 aromatic heterocycles. The van der Waals surface area contributed by atoms with Crippen molar-refractivity contribution in [1.82, 2.24) is 4.31 Å². The summed E-state index contributed by atoms with van der Waals surface area (Å²) in [7, 11) is -2.43. The first kappa shape index (κ1) is 17.4. The molecule has 1 aromatic carbocycles. The Balaban J connectivity index is 3.28. The van der Waals surface area contributed by atoms with Crippen LogP contribution in [0.1, 0.15) is 20.8 Å². The van der Waals surface area contributed by atoms with Gasteiger partial charge in [0.1, 0.15) is 0 Å². The van der Waals surface area contributed by atoms with Gasteiger partial charge in [0.2, 0.25) is 10.0 Å². The van der Waals surface area contributed by atoms with Crippen molar-refractivity contribution in [3.05, 3.63) is 24.3 Å². The summed E-state index contributed by atoms with van der Waals surface area (Å²) in [6.45, 7) is 6.26. The normalized spacial score (nSPS) is 13.1. The minimum absolute atomic E-state index is 0.0678. The zero-order valence-corrected chi connectivity index (χ0v) is 14.0. The molecule has 0 heterocycles. The van der Waals surface area contributed by atoms with Gasteiger partial charge < -0.3 is 0 Å². The lowest BCUT2D eigenvalue weighted by Crippen LogP contribution is -2.34. The van der Waals surface area contributed by atoms with Crippen LogP contribution < -0.4 is 0 Å². The van der Waals surface area contributed by atoms with Gasteiger partial charge in [-0.05, 0) is 24.1 Å². The van der Waals surface area contributed by atoms with Gasteiger partial charge in [-0.3, -0.25) is 0 Å². The number of rotatable bonds is 6. The van der Waals surface area contributed by atoms with E-state index in [4.69, 9.17) is 10.7 Å². The molecule has 0 N–H and O–H groups in total. The maximum Gasteiger partial charge on any atom is 0.261 e. The molecule has 0 bridgehead atoms. The second-order valence-corrected chi connectivity index (χ2v) is 9.27. The fourth-order valence-electron chi connectivity index (χ4n) is 1.74. The van der Waals surface area contributed by atoms with Crippen molar-refractivity contribution in [1.29, 1.82) is 0 Å². The van der Waals surface area contributed by atoms with Crippen LogP contribution in [-0.4, -0.2) is 34.2 Å². The van der Waals surface area contributed by atoms with Gasteiger partial charge in [-0.15, -0.1) is 0 Å². The highest BCUT2D eigenvalue weighted by Gasteiger charge is 2.25. The fourth-order valence-corrected chi connectivity index (χ4v) is 4.27. The fraction of sp³-hybridized carbons (Fsp3) is 0.500. The second kappa shape index (κ2) is 6.43. The third-order valence-corrected chi connectivity index (χ3v) is 5.93. The van der Waals surface area contributed by atoms with Crippen LogP contribution in [0.2, 0.25) is 0 Å². The smallest absolute Gasteiger partial charge is 0.207 e. The number of benzene rings is 1. The third-order valence-electron chi connectivity index (χ3n) is 2.65. The standard InChI is InChI=1S/C12H18ClNO4S2/c1-4-14(9-10(2)3)20(17,18)12-7-5-6-11(8-12)19(13,15)16/h5-8,10H,4,9H2,1-3H3. The van der Waals surface area contributed by atoms with Crippen LogP contribution in [0.5, 0.6) is 0 Å². The molecule has 20 heavy (non-hydrogen) atoms. The Kier molecular flexibility index (Phi) is 5.60. The second-order valence-electron chi connectivity index (χ2n) is 4.76. The van der Waals surface area contributed by atoms with Gasteiger partial charge in [0.25, 0.3) is 9.05 Å². The van der Waals surface area contributed by atoms with Crippen molar-refractivity contribution in [3.8, 4) is 0 Å². The SMILES string of the molecule is CCN(CC(C)C)S(=O)(=O)c1cccc(S(=O)(=O)Cl)c1. The summed E-state index contributed by atoms with van der Waals surface area (Å²) in [5.41, 5.74) is 0. The summed E-state index contributed by atoms with van der Waals surface area (Å²) in [6.07, 6.45) is 0. The van der Waals surface area contributed by atoms with E-state index >= 15 is 0 Å². The van der Waals surface area contributed by atoms with Crippen LogP contribution in [0.4, 0.5) is 0 Å². The lowest BCUT2D eigenvalue weighted by Gasteiger charge is -2.22. The van der Waals surface area contributed by atoms with Gasteiger partial charge >= 0.3 is 0 Å². The lowest BCUT2D eigenvalue weighted by atomic mass is 10.2. The van der Waals surface area contributed by atoms with E-state index in [1.807, 2.05) is 13.8 Å². The quantitative estimate of drug-likeness (QED) is 0.745. The summed E-state index contributed by atoms with van der Waals surface area (Å²) in [5, 5.41) is 0. The number of hydrogen-bond acceptors (Lipinski definition) is 4. The van der Waals surface area contributed by atoms with Crippen molar-refractivity contribution in [3.63, 3.8) is 0 Å². The number of hydrogen-bond donors (Lipinski definition) is 0.